The SMILES string of the molecule is COC(=O)c1ccc(OC)c(-c2cccnc2)n1. The molecular formula is C13H12N2O3. The number of nitrogens with zero attached hydrogens (tertiary/aromatic N) is 2. The highest BCUT2D eigenvalue weighted by Gasteiger charge is 2.13. The van der Waals surface area contributed by atoms with Crippen LogP contribution in [0.5, 0.6) is 5.75 Å². The number of hydrogen-bond acceptors (Lipinski definition) is 5. The molecule has 0 N–H and O–H groups in total. The van der Waals surface area contributed by atoms with Gasteiger partial charge < -0.3 is 9.47 Å². The van der Waals surface area contributed by atoms with Crippen molar-refractivity contribution in [3.8, 4) is 17.0 Å². The zero-order chi connectivity index (χ0) is 13.0. The Balaban J connectivity index is 2.53. The van der Waals surface area contributed by atoms with Gasteiger partial charge in [-0.15, -0.1) is 0 Å². The van der Waals surface area contributed by atoms with Crippen molar-refractivity contribution in [3.63, 3.8) is 0 Å². The molecule has 0 unspecified atom stereocenters. The Labute approximate surface area is 104 Å². The highest BCUT2D eigenvalue weighted by atomic mass is 16.5. The van der Waals surface area contributed by atoms with Crippen molar-refractivity contribution in [1.29, 1.82) is 0 Å². The zero-order valence-electron chi connectivity index (χ0n) is 10.1. The summed E-state index contributed by atoms with van der Waals surface area (Å²) in [6, 6.07) is 6.88. The van der Waals surface area contributed by atoms with Crippen LogP contribution in [0.3, 0.4) is 0 Å². The quantitative estimate of drug-likeness (QED) is 0.772. The van der Waals surface area contributed by atoms with E-state index in [0.29, 0.717) is 11.4 Å². The van der Waals surface area contributed by atoms with E-state index in [2.05, 4.69) is 14.7 Å². The van der Waals surface area contributed by atoms with Gasteiger partial charge >= 0.3 is 5.97 Å². The molecule has 2 heterocycles. The van der Waals surface area contributed by atoms with Crippen LogP contribution in [0.1, 0.15) is 10.5 Å². The standard InChI is InChI=1S/C13H12N2O3/c1-17-11-6-5-10(13(16)18-2)15-12(11)9-4-3-7-14-8-9/h3-8H,1-2H3. The first kappa shape index (κ1) is 12.0. The molecule has 5 nitrogen and oxygen atoms in total. The molecule has 0 bridgehead atoms. The summed E-state index contributed by atoms with van der Waals surface area (Å²) in [5, 5.41) is 0. The van der Waals surface area contributed by atoms with Gasteiger partial charge in [0.25, 0.3) is 0 Å². The second-order valence-electron chi connectivity index (χ2n) is 3.48. The molecule has 0 spiro atoms. The first-order valence-corrected chi connectivity index (χ1v) is 5.30. The molecule has 2 aromatic heterocycles. The third-order valence-corrected chi connectivity index (χ3v) is 2.41. The summed E-state index contributed by atoms with van der Waals surface area (Å²) in [7, 11) is 2.87. The van der Waals surface area contributed by atoms with Gasteiger partial charge in [-0.05, 0) is 24.3 Å². The van der Waals surface area contributed by atoms with Crippen molar-refractivity contribution in [3.05, 3.63) is 42.4 Å². The number of carbonyl (C=O) groups is 1. The molecule has 0 saturated heterocycles. The van der Waals surface area contributed by atoms with Gasteiger partial charge in [-0.1, -0.05) is 0 Å². The fraction of sp³-hybridized carbons (Fsp3) is 0.154. The van der Waals surface area contributed by atoms with Crippen molar-refractivity contribution in [2.75, 3.05) is 14.2 Å². The van der Waals surface area contributed by atoms with Crippen LogP contribution in [0, 0.1) is 0 Å². The maximum atomic E-state index is 11.5. The number of esters is 1. The first-order valence-electron chi connectivity index (χ1n) is 5.30. The summed E-state index contributed by atoms with van der Waals surface area (Å²) in [6.45, 7) is 0. The molecule has 0 aliphatic carbocycles. The lowest BCUT2D eigenvalue weighted by Gasteiger charge is -2.08. The normalized spacial score (nSPS) is 9.89. The van der Waals surface area contributed by atoms with E-state index in [0.717, 1.165) is 5.56 Å². The van der Waals surface area contributed by atoms with Gasteiger partial charge in [0.15, 0.2) is 0 Å². The highest BCUT2D eigenvalue weighted by molar-refractivity contribution is 5.88. The summed E-state index contributed by atoms with van der Waals surface area (Å²) in [5.41, 5.74) is 1.57. The number of rotatable bonds is 3. The monoisotopic (exact) mass is 244 g/mol. The van der Waals surface area contributed by atoms with Crippen molar-refractivity contribution >= 4 is 5.97 Å². The summed E-state index contributed by atoms with van der Waals surface area (Å²) < 4.78 is 9.87. The van der Waals surface area contributed by atoms with E-state index in [4.69, 9.17) is 4.74 Å². The lowest BCUT2D eigenvalue weighted by atomic mass is 10.1. The van der Waals surface area contributed by atoms with Crippen LogP contribution in [-0.4, -0.2) is 30.2 Å². The maximum absolute atomic E-state index is 11.5. The van der Waals surface area contributed by atoms with Gasteiger partial charge in [0.1, 0.15) is 17.1 Å². The molecule has 0 aliphatic heterocycles. The minimum absolute atomic E-state index is 0.233. The minimum Gasteiger partial charge on any atom is -0.494 e. The van der Waals surface area contributed by atoms with E-state index in [1.54, 1.807) is 37.7 Å². The van der Waals surface area contributed by atoms with E-state index in [-0.39, 0.29) is 5.69 Å². The molecule has 0 aliphatic rings. The van der Waals surface area contributed by atoms with Gasteiger partial charge in [-0.3, -0.25) is 4.98 Å². The van der Waals surface area contributed by atoms with Crippen LogP contribution >= 0.6 is 0 Å². The Bertz CT molecular complexity index is 555. The van der Waals surface area contributed by atoms with E-state index in [1.165, 1.54) is 7.11 Å². The van der Waals surface area contributed by atoms with Crippen LogP contribution in [0.25, 0.3) is 11.3 Å². The Morgan fingerprint density at radius 1 is 1.22 bits per heavy atom. The molecule has 0 fully saturated rings. The Hall–Kier alpha value is -2.43. The molecule has 18 heavy (non-hydrogen) atoms. The summed E-state index contributed by atoms with van der Waals surface area (Å²) in [6.07, 6.45) is 3.33. The fourth-order valence-electron chi connectivity index (χ4n) is 1.54. The molecule has 2 aromatic rings. The van der Waals surface area contributed by atoms with Gasteiger partial charge in [0, 0.05) is 18.0 Å². The second kappa shape index (κ2) is 5.27. The van der Waals surface area contributed by atoms with Crippen LogP contribution in [0.15, 0.2) is 36.7 Å². The van der Waals surface area contributed by atoms with Crippen LogP contribution < -0.4 is 4.74 Å². The molecular weight excluding hydrogens is 232 g/mol. The highest BCUT2D eigenvalue weighted by Crippen LogP contribution is 2.27. The van der Waals surface area contributed by atoms with E-state index in [9.17, 15) is 4.79 Å². The van der Waals surface area contributed by atoms with Gasteiger partial charge in [0.2, 0.25) is 0 Å². The molecule has 5 heteroatoms. The maximum Gasteiger partial charge on any atom is 0.356 e. The molecule has 0 radical (unpaired) electrons. The Kier molecular flexibility index (Phi) is 3.52. The third kappa shape index (κ3) is 2.29. The van der Waals surface area contributed by atoms with Crippen LogP contribution in [0.4, 0.5) is 0 Å². The predicted molar refractivity (Wildman–Crippen MR) is 65.4 cm³/mol. The number of methoxy groups -OCH3 is 2. The summed E-state index contributed by atoms with van der Waals surface area (Å²) in [4.78, 5) is 19.7. The van der Waals surface area contributed by atoms with Gasteiger partial charge in [0.05, 0.1) is 14.2 Å². The van der Waals surface area contributed by atoms with E-state index < -0.39 is 5.97 Å². The zero-order valence-corrected chi connectivity index (χ0v) is 10.1. The average Bonchev–Trinajstić information content (AvgIpc) is 2.46. The van der Waals surface area contributed by atoms with Crippen molar-refractivity contribution in [2.45, 2.75) is 0 Å². The number of hydrogen-bond donors (Lipinski definition) is 0. The fourth-order valence-corrected chi connectivity index (χ4v) is 1.54. The number of carbonyl (C=O) groups excluding carboxylic acids is 1. The lowest BCUT2D eigenvalue weighted by molar-refractivity contribution is 0.0594. The summed E-state index contributed by atoms with van der Waals surface area (Å²) >= 11 is 0. The number of aromatic nitrogens is 2. The number of ether oxygens (including phenoxy) is 2. The topological polar surface area (TPSA) is 61.3 Å². The van der Waals surface area contributed by atoms with E-state index in [1.807, 2.05) is 6.07 Å². The molecule has 2 rings (SSSR count). The lowest BCUT2D eigenvalue weighted by Crippen LogP contribution is -2.05. The Morgan fingerprint density at radius 2 is 2.06 bits per heavy atom. The first-order chi connectivity index (χ1) is 8.76. The van der Waals surface area contributed by atoms with Gasteiger partial charge in [-0.2, -0.15) is 0 Å². The predicted octanol–water partition coefficient (Wildman–Crippen LogP) is 1.94. The minimum atomic E-state index is -0.484. The van der Waals surface area contributed by atoms with E-state index >= 15 is 0 Å². The van der Waals surface area contributed by atoms with Crippen molar-refractivity contribution in [2.24, 2.45) is 0 Å². The smallest absolute Gasteiger partial charge is 0.356 e. The summed E-state index contributed by atoms with van der Waals surface area (Å²) in [5.74, 6) is 0.0958. The van der Waals surface area contributed by atoms with Crippen molar-refractivity contribution in [1.82, 2.24) is 9.97 Å². The van der Waals surface area contributed by atoms with Crippen molar-refractivity contribution < 1.29 is 14.3 Å². The second-order valence-corrected chi connectivity index (χ2v) is 3.48. The van der Waals surface area contributed by atoms with Gasteiger partial charge in [-0.25, -0.2) is 9.78 Å². The third-order valence-electron chi connectivity index (χ3n) is 2.41. The molecule has 0 aromatic carbocycles. The molecule has 0 amide bonds. The number of pyridine rings is 2. The molecule has 92 valence electrons. The largest absolute Gasteiger partial charge is 0.494 e. The van der Waals surface area contributed by atoms with Crippen LogP contribution in [-0.2, 0) is 4.74 Å². The molecule has 0 saturated carbocycles. The van der Waals surface area contributed by atoms with Crippen LogP contribution in [0.2, 0.25) is 0 Å². The average molecular weight is 244 g/mol. The molecule has 0 atom stereocenters. The Morgan fingerprint density at radius 3 is 2.67 bits per heavy atom.